The summed E-state index contributed by atoms with van der Waals surface area (Å²) in [5, 5.41) is 0. The summed E-state index contributed by atoms with van der Waals surface area (Å²) in [6, 6.07) is 0. The molecule has 11 heavy (non-hydrogen) atoms. The van der Waals surface area contributed by atoms with Crippen molar-refractivity contribution in [1.82, 2.24) is 4.90 Å². The second-order valence-electron chi connectivity index (χ2n) is 2.86. The summed E-state index contributed by atoms with van der Waals surface area (Å²) in [6.07, 6.45) is 3.02. The molecule has 1 aliphatic rings. The van der Waals surface area contributed by atoms with Crippen molar-refractivity contribution in [2.75, 3.05) is 13.1 Å². The van der Waals surface area contributed by atoms with Gasteiger partial charge in [-0.2, -0.15) is 0 Å². The molecule has 0 aromatic heterocycles. The second-order valence-corrected chi connectivity index (χ2v) is 2.86. The Kier molecular flexibility index (Phi) is 2.47. The summed E-state index contributed by atoms with van der Waals surface area (Å²) in [6.45, 7) is 11.7. The number of hydrogen-bond donors (Lipinski definition) is 0. The number of allylic oxidation sites excluding steroid dienone is 1. The van der Waals surface area contributed by atoms with E-state index in [1.165, 1.54) is 6.42 Å². The van der Waals surface area contributed by atoms with Crippen molar-refractivity contribution in [3.8, 4) is 0 Å². The minimum absolute atomic E-state index is 0.860. The zero-order chi connectivity index (χ0) is 8.27. The minimum atomic E-state index is 0.860. The molecule has 1 rings (SSSR count). The number of likely N-dealkylation sites (tertiary alicyclic amines) is 1. The van der Waals surface area contributed by atoms with Crippen LogP contribution in [0.3, 0.4) is 0 Å². The van der Waals surface area contributed by atoms with E-state index in [1.54, 1.807) is 6.21 Å². The van der Waals surface area contributed by atoms with Crippen LogP contribution < -0.4 is 0 Å². The quantitative estimate of drug-likeness (QED) is 0.560. The lowest BCUT2D eigenvalue weighted by Gasteiger charge is -2.32. The molecule has 0 unspecified atom stereocenters. The summed E-state index contributed by atoms with van der Waals surface area (Å²) < 4.78 is 0. The van der Waals surface area contributed by atoms with E-state index >= 15 is 0 Å². The van der Waals surface area contributed by atoms with Crippen molar-refractivity contribution >= 4 is 6.21 Å². The monoisotopic (exact) mass is 150 g/mol. The van der Waals surface area contributed by atoms with Gasteiger partial charge in [0.2, 0.25) is 0 Å². The predicted octanol–water partition coefficient (Wildman–Crippen LogP) is 1.81. The van der Waals surface area contributed by atoms with E-state index in [1.807, 2.05) is 6.92 Å². The van der Waals surface area contributed by atoms with Gasteiger partial charge in [-0.25, -0.2) is 4.99 Å². The molecule has 0 spiro atoms. The minimum Gasteiger partial charge on any atom is -0.357 e. The van der Waals surface area contributed by atoms with Gasteiger partial charge in [-0.15, -0.1) is 0 Å². The average Bonchev–Trinajstić information content (AvgIpc) is 1.79. The third kappa shape index (κ3) is 2.22. The first-order chi connectivity index (χ1) is 5.20. The Hall–Kier alpha value is -1.05. The third-order valence-electron chi connectivity index (χ3n) is 1.66. The molecule has 60 valence electrons. The van der Waals surface area contributed by atoms with E-state index in [4.69, 9.17) is 0 Å². The summed E-state index contributed by atoms with van der Waals surface area (Å²) in [5.74, 6) is 0.860. The van der Waals surface area contributed by atoms with Crippen molar-refractivity contribution in [2.45, 2.75) is 13.3 Å². The fourth-order valence-electron chi connectivity index (χ4n) is 0.841. The van der Waals surface area contributed by atoms with Crippen molar-refractivity contribution in [2.24, 2.45) is 4.99 Å². The van der Waals surface area contributed by atoms with Gasteiger partial charge in [0.25, 0.3) is 0 Å². The van der Waals surface area contributed by atoms with E-state index < -0.39 is 0 Å². The summed E-state index contributed by atoms with van der Waals surface area (Å²) in [5.41, 5.74) is 0.965. The molecular formula is C9H14N2. The van der Waals surface area contributed by atoms with Gasteiger partial charge < -0.3 is 4.90 Å². The topological polar surface area (TPSA) is 15.6 Å². The van der Waals surface area contributed by atoms with Crippen molar-refractivity contribution in [3.05, 3.63) is 24.6 Å². The van der Waals surface area contributed by atoms with Crippen molar-refractivity contribution in [3.63, 3.8) is 0 Å². The zero-order valence-electron chi connectivity index (χ0n) is 7.01. The third-order valence-corrected chi connectivity index (χ3v) is 1.66. The van der Waals surface area contributed by atoms with Crippen LogP contribution in [0, 0.1) is 0 Å². The van der Waals surface area contributed by atoms with Gasteiger partial charge in [0, 0.05) is 19.3 Å². The van der Waals surface area contributed by atoms with Crippen LogP contribution in [-0.4, -0.2) is 24.2 Å². The van der Waals surface area contributed by atoms with Gasteiger partial charge in [0.1, 0.15) is 5.82 Å². The predicted molar refractivity (Wildman–Crippen MR) is 48.6 cm³/mol. The summed E-state index contributed by atoms with van der Waals surface area (Å²) in [7, 11) is 0. The first-order valence-electron chi connectivity index (χ1n) is 3.83. The molecule has 2 heteroatoms. The number of aliphatic imine (C=N–C) groups is 1. The van der Waals surface area contributed by atoms with Crippen molar-refractivity contribution in [1.29, 1.82) is 0 Å². The van der Waals surface area contributed by atoms with Crippen LogP contribution in [-0.2, 0) is 0 Å². The Morgan fingerprint density at radius 3 is 2.45 bits per heavy atom. The first-order valence-corrected chi connectivity index (χ1v) is 3.83. The van der Waals surface area contributed by atoms with Gasteiger partial charge in [-0.3, -0.25) is 0 Å². The average molecular weight is 150 g/mol. The Morgan fingerprint density at radius 2 is 2.09 bits per heavy atom. The molecule has 0 atom stereocenters. The van der Waals surface area contributed by atoms with Crippen LogP contribution in [0.4, 0.5) is 0 Å². The lowest BCUT2D eigenvalue weighted by atomic mass is 10.2. The maximum absolute atomic E-state index is 4.15. The van der Waals surface area contributed by atoms with E-state index in [0.717, 1.165) is 24.5 Å². The van der Waals surface area contributed by atoms with Gasteiger partial charge in [-0.1, -0.05) is 13.2 Å². The summed E-state index contributed by atoms with van der Waals surface area (Å²) in [4.78, 5) is 6.30. The van der Waals surface area contributed by atoms with Crippen LogP contribution in [0.2, 0.25) is 0 Å². The first kappa shape index (κ1) is 8.05. The fraction of sp³-hybridized carbons (Fsp3) is 0.444. The highest BCUT2D eigenvalue weighted by atomic mass is 15.2. The van der Waals surface area contributed by atoms with Crippen LogP contribution in [0.25, 0.3) is 0 Å². The molecule has 0 N–H and O–H groups in total. The van der Waals surface area contributed by atoms with Crippen LogP contribution >= 0.6 is 0 Å². The maximum atomic E-state index is 4.15. The zero-order valence-corrected chi connectivity index (χ0v) is 7.01. The number of hydrogen-bond acceptors (Lipinski definition) is 2. The fourth-order valence-corrected chi connectivity index (χ4v) is 0.841. The lowest BCUT2D eigenvalue weighted by Crippen LogP contribution is -2.35. The smallest absolute Gasteiger partial charge is 0.121 e. The molecule has 0 saturated carbocycles. The molecule has 1 heterocycles. The highest BCUT2D eigenvalue weighted by Crippen LogP contribution is 2.13. The summed E-state index contributed by atoms with van der Waals surface area (Å²) >= 11 is 0. The van der Waals surface area contributed by atoms with Crippen LogP contribution in [0.1, 0.15) is 13.3 Å². The van der Waals surface area contributed by atoms with Crippen LogP contribution in [0.5, 0.6) is 0 Å². The Bertz CT molecular complexity index is 200. The largest absolute Gasteiger partial charge is 0.357 e. The normalized spacial score (nSPS) is 16.6. The van der Waals surface area contributed by atoms with Gasteiger partial charge >= 0.3 is 0 Å². The van der Waals surface area contributed by atoms with Gasteiger partial charge in [-0.05, 0) is 18.9 Å². The molecule has 1 aliphatic heterocycles. The Labute approximate surface area is 67.9 Å². The van der Waals surface area contributed by atoms with E-state index in [2.05, 4.69) is 23.1 Å². The highest BCUT2D eigenvalue weighted by molar-refractivity contribution is 5.77. The lowest BCUT2D eigenvalue weighted by molar-refractivity contribution is 0.238. The molecule has 0 amide bonds. The molecule has 0 bridgehead atoms. The molecular weight excluding hydrogens is 136 g/mol. The molecule has 0 radical (unpaired) electrons. The second kappa shape index (κ2) is 3.37. The SMILES string of the molecule is C=C(C)/C=N\C(=C)N1CCC1. The highest BCUT2D eigenvalue weighted by Gasteiger charge is 2.13. The van der Waals surface area contributed by atoms with E-state index in [9.17, 15) is 0 Å². The molecule has 0 aliphatic carbocycles. The van der Waals surface area contributed by atoms with Gasteiger partial charge in [0.15, 0.2) is 0 Å². The van der Waals surface area contributed by atoms with Crippen molar-refractivity contribution < 1.29 is 0 Å². The van der Waals surface area contributed by atoms with Gasteiger partial charge in [0.05, 0.1) is 0 Å². The standard InChI is InChI=1S/C9H14N2/c1-8(2)7-10-9(3)11-5-4-6-11/h7H,1,3-6H2,2H3/b10-7-. The van der Waals surface area contributed by atoms with E-state index in [-0.39, 0.29) is 0 Å². The Balaban J connectivity index is 2.36. The maximum Gasteiger partial charge on any atom is 0.121 e. The van der Waals surface area contributed by atoms with E-state index in [0.29, 0.717) is 0 Å². The molecule has 0 aromatic carbocycles. The number of nitrogens with zero attached hydrogens (tertiary/aromatic N) is 2. The Morgan fingerprint density at radius 1 is 1.45 bits per heavy atom. The molecule has 1 fully saturated rings. The molecule has 0 aromatic rings. The molecule has 1 saturated heterocycles. The van der Waals surface area contributed by atoms with Crippen LogP contribution in [0.15, 0.2) is 29.5 Å². The number of rotatable bonds is 3. The molecule has 2 nitrogen and oxygen atoms in total.